The fraction of sp³-hybridized carbons (Fsp3) is 0.214. The quantitative estimate of drug-likeness (QED) is 0.931. The number of hydrogen-bond acceptors (Lipinski definition) is 3. The van der Waals surface area contributed by atoms with E-state index in [-0.39, 0.29) is 6.61 Å². The van der Waals surface area contributed by atoms with Crippen molar-refractivity contribution in [2.24, 2.45) is 0 Å². The Morgan fingerprint density at radius 1 is 1.32 bits per heavy atom. The lowest BCUT2D eigenvalue weighted by Gasteiger charge is -2.12. The lowest BCUT2D eigenvalue weighted by atomic mass is 10.1. The van der Waals surface area contributed by atoms with Crippen LogP contribution in [0, 0.1) is 19.7 Å². The molecule has 0 aliphatic rings. The first-order chi connectivity index (χ1) is 9.01. The predicted octanol–water partition coefficient (Wildman–Crippen LogP) is 3.88. The molecule has 100 valence electrons. The van der Waals surface area contributed by atoms with Gasteiger partial charge in [0.1, 0.15) is 11.6 Å². The second-order valence-electron chi connectivity index (χ2n) is 4.20. The summed E-state index contributed by atoms with van der Waals surface area (Å²) in [5.74, 6) is 0.238. The summed E-state index contributed by atoms with van der Waals surface area (Å²) in [5.41, 5.74) is 2.28. The molecule has 0 saturated carbocycles. The number of aliphatic hydroxyl groups is 1. The highest BCUT2D eigenvalue weighted by Gasteiger charge is 2.11. The Morgan fingerprint density at radius 3 is 2.68 bits per heavy atom. The zero-order valence-electron chi connectivity index (χ0n) is 10.6. The Morgan fingerprint density at radius 2 is 2.05 bits per heavy atom. The molecule has 0 unspecified atom stereocenters. The maximum Gasteiger partial charge on any atom is 0.225 e. The smallest absolute Gasteiger partial charge is 0.225 e. The van der Waals surface area contributed by atoms with Gasteiger partial charge in [-0.15, -0.1) is 0 Å². The highest BCUT2D eigenvalue weighted by atomic mass is 79.9. The summed E-state index contributed by atoms with van der Waals surface area (Å²) >= 11 is 3.08. The van der Waals surface area contributed by atoms with Gasteiger partial charge in [0.2, 0.25) is 5.88 Å². The molecule has 1 N–H and O–H groups in total. The van der Waals surface area contributed by atoms with E-state index >= 15 is 0 Å². The van der Waals surface area contributed by atoms with Gasteiger partial charge in [0.15, 0.2) is 0 Å². The van der Waals surface area contributed by atoms with Crippen LogP contribution >= 0.6 is 15.9 Å². The highest BCUT2D eigenvalue weighted by molar-refractivity contribution is 9.10. The minimum atomic E-state index is -0.410. The van der Waals surface area contributed by atoms with Crippen LogP contribution in [0.25, 0.3) is 0 Å². The van der Waals surface area contributed by atoms with Gasteiger partial charge >= 0.3 is 0 Å². The second kappa shape index (κ2) is 5.67. The molecule has 3 nitrogen and oxygen atoms in total. The first-order valence-corrected chi connectivity index (χ1v) is 6.51. The van der Waals surface area contributed by atoms with Crippen molar-refractivity contribution in [2.75, 3.05) is 0 Å². The molecule has 2 aromatic rings. The number of aliphatic hydroxyl groups excluding tert-OH is 1. The Balaban J connectivity index is 2.39. The van der Waals surface area contributed by atoms with Gasteiger partial charge in [0.25, 0.3) is 0 Å². The number of pyridine rings is 1. The van der Waals surface area contributed by atoms with Gasteiger partial charge in [-0.1, -0.05) is 0 Å². The monoisotopic (exact) mass is 325 g/mol. The van der Waals surface area contributed by atoms with Crippen molar-refractivity contribution in [1.29, 1.82) is 0 Å². The molecule has 1 heterocycles. The van der Waals surface area contributed by atoms with Crippen LogP contribution in [-0.4, -0.2) is 10.1 Å². The normalized spacial score (nSPS) is 10.6. The molecule has 5 heteroatoms. The van der Waals surface area contributed by atoms with Crippen molar-refractivity contribution in [3.8, 4) is 11.6 Å². The van der Waals surface area contributed by atoms with Gasteiger partial charge < -0.3 is 9.84 Å². The summed E-state index contributed by atoms with van der Waals surface area (Å²) in [4.78, 5) is 4.24. The minimum absolute atomic E-state index is 0.173. The molecule has 0 bridgehead atoms. The lowest BCUT2D eigenvalue weighted by molar-refractivity contribution is 0.274. The number of ether oxygens (including phenoxy) is 1. The zero-order valence-corrected chi connectivity index (χ0v) is 12.2. The third kappa shape index (κ3) is 3.11. The number of hydrogen-bond donors (Lipinski definition) is 1. The van der Waals surface area contributed by atoms with Crippen LogP contribution in [0.15, 0.2) is 28.7 Å². The van der Waals surface area contributed by atoms with Crippen LogP contribution in [0.3, 0.4) is 0 Å². The molecule has 2 rings (SSSR count). The van der Waals surface area contributed by atoms with Gasteiger partial charge in [-0.2, -0.15) is 0 Å². The summed E-state index contributed by atoms with van der Waals surface area (Å²) in [6, 6.07) is 6.32. The molecule has 1 aromatic carbocycles. The number of benzene rings is 1. The minimum Gasteiger partial charge on any atom is -0.439 e. The zero-order chi connectivity index (χ0) is 14.0. The molecular weight excluding hydrogens is 313 g/mol. The van der Waals surface area contributed by atoms with Crippen molar-refractivity contribution in [3.05, 3.63) is 51.4 Å². The first-order valence-electron chi connectivity index (χ1n) is 5.72. The Bertz CT molecular complexity index is 617. The average Bonchev–Trinajstić information content (AvgIpc) is 2.33. The molecule has 0 fully saturated rings. The molecule has 0 aliphatic heterocycles. The Labute approximate surface area is 119 Å². The Hall–Kier alpha value is -1.46. The molecule has 0 saturated heterocycles. The molecule has 0 aliphatic carbocycles. The molecular formula is C14H13BrFNO2. The van der Waals surface area contributed by atoms with Crippen LogP contribution in [-0.2, 0) is 6.61 Å². The maximum atomic E-state index is 13.4. The van der Waals surface area contributed by atoms with Gasteiger partial charge in [-0.3, -0.25) is 0 Å². The van der Waals surface area contributed by atoms with Crippen molar-refractivity contribution in [2.45, 2.75) is 20.5 Å². The van der Waals surface area contributed by atoms with E-state index in [1.54, 1.807) is 12.1 Å². The predicted molar refractivity (Wildman–Crippen MR) is 73.8 cm³/mol. The van der Waals surface area contributed by atoms with Gasteiger partial charge in [-0.05, 0) is 53.5 Å². The van der Waals surface area contributed by atoms with E-state index in [4.69, 9.17) is 4.74 Å². The number of aromatic nitrogens is 1. The van der Waals surface area contributed by atoms with E-state index in [0.717, 1.165) is 11.3 Å². The molecule has 0 atom stereocenters. The summed E-state index contributed by atoms with van der Waals surface area (Å²) < 4.78 is 19.4. The van der Waals surface area contributed by atoms with Crippen molar-refractivity contribution in [3.63, 3.8) is 0 Å². The van der Waals surface area contributed by atoms with Crippen LogP contribution < -0.4 is 4.74 Å². The summed E-state index contributed by atoms with van der Waals surface area (Å²) in [6.07, 6.45) is 0. The maximum absolute atomic E-state index is 13.4. The molecule has 0 amide bonds. The van der Waals surface area contributed by atoms with E-state index in [9.17, 15) is 9.50 Å². The summed E-state index contributed by atoms with van der Waals surface area (Å²) in [6.45, 7) is 3.53. The second-order valence-corrected chi connectivity index (χ2v) is 5.05. The lowest BCUT2D eigenvalue weighted by Crippen LogP contribution is -2.00. The fourth-order valence-electron chi connectivity index (χ4n) is 1.76. The third-order valence-corrected chi connectivity index (χ3v) is 3.34. The van der Waals surface area contributed by atoms with Gasteiger partial charge in [-0.25, -0.2) is 9.37 Å². The van der Waals surface area contributed by atoms with Crippen LogP contribution in [0.5, 0.6) is 11.6 Å². The summed E-state index contributed by atoms with van der Waals surface area (Å²) in [5, 5.41) is 9.37. The molecule has 0 spiro atoms. The third-order valence-electron chi connectivity index (χ3n) is 2.70. The van der Waals surface area contributed by atoms with Gasteiger partial charge in [0, 0.05) is 17.3 Å². The van der Waals surface area contributed by atoms with E-state index < -0.39 is 5.82 Å². The van der Waals surface area contributed by atoms with E-state index in [1.165, 1.54) is 6.07 Å². The highest BCUT2D eigenvalue weighted by Crippen LogP contribution is 2.28. The van der Waals surface area contributed by atoms with E-state index in [2.05, 4.69) is 20.9 Å². The summed E-state index contributed by atoms with van der Waals surface area (Å²) in [7, 11) is 0. The van der Waals surface area contributed by atoms with E-state index in [0.29, 0.717) is 21.7 Å². The number of aryl methyl sites for hydroxylation is 2. The van der Waals surface area contributed by atoms with Crippen molar-refractivity contribution >= 4 is 15.9 Å². The van der Waals surface area contributed by atoms with Gasteiger partial charge in [0.05, 0.1) is 11.1 Å². The standard InChI is InChI=1S/C14H13BrFNO2/c1-8-5-9(2)17-14(11(8)7-18)19-10-3-4-12(15)13(16)6-10/h3-6,18H,7H2,1-2H3. The SMILES string of the molecule is Cc1cc(C)c(CO)c(Oc2ccc(Br)c(F)c2)n1. The molecule has 0 radical (unpaired) electrons. The first kappa shape index (κ1) is 14.0. The van der Waals surface area contributed by atoms with Crippen molar-refractivity contribution < 1.29 is 14.2 Å². The van der Waals surface area contributed by atoms with Crippen molar-refractivity contribution in [1.82, 2.24) is 4.98 Å². The van der Waals surface area contributed by atoms with Crippen LogP contribution in [0.4, 0.5) is 4.39 Å². The van der Waals surface area contributed by atoms with E-state index in [1.807, 2.05) is 19.9 Å². The molecule has 19 heavy (non-hydrogen) atoms. The number of halogens is 2. The topological polar surface area (TPSA) is 42.4 Å². The Kier molecular flexibility index (Phi) is 4.17. The number of nitrogens with zero attached hydrogens (tertiary/aromatic N) is 1. The average molecular weight is 326 g/mol. The number of rotatable bonds is 3. The largest absolute Gasteiger partial charge is 0.439 e. The van der Waals surface area contributed by atoms with Crippen LogP contribution in [0.2, 0.25) is 0 Å². The van der Waals surface area contributed by atoms with Crippen LogP contribution in [0.1, 0.15) is 16.8 Å². The fourth-order valence-corrected chi connectivity index (χ4v) is 2.00. The molecule has 1 aromatic heterocycles.